The molecule has 0 aromatic heterocycles. The number of carbonyl (C=O) groups is 1. The molecule has 0 saturated heterocycles. The van der Waals surface area contributed by atoms with Crippen LogP contribution in [-0.2, 0) is 17.8 Å². The fourth-order valence-electron chi connectivity index (χ4n) is 4.61. The van der Waals surface area contributed by atoms with E-state index in [-0.39, 0.29) is 35.2 Å². The lowest BCUT2D eigenvalue weighted by Crippen LogP contribution is -2.44. The number of carbonyl (C=O) groups excluding carboxylic acids is 1. The first-order valence-corrected chi connectivity index (χ1v) is 10.7. The van der Waals surface area contributed by atoms with Gasteiger partial charge in [0.05, 0.1) is 6.04 Å². The zero-order chi connectivity index (χ0) is 22.6. The number of rotatable bonds is 4. The summed E-state index contributed by atoms with van der Waals surface area (Å²) in [5, 5.41) is 3.12. The summed E-state index contributed by atoms with van der Waals surface area (Å²) in [5.41, 5.74) is 4.32. The Labute approximate surface area is 183 Å². The van der Waals surface area contributed by atoms with Gasteiger partial charge in [-0.05, 0) is 53.8 Å². The molecule has 32 heavy (non-hydrogen) atoms. The molecule has 2 heterocycles. The van der Waals surface area contributed by atoms with Crippen LogP contribution in [0, 0.1) is 11.7 Å². The summed E-state index contributed by atoms with van der Waals surface area (Å²) in [7, 11) is 0. The Morgan fingerprint density at radius 1 is 1.22 bits per heavy atom. The fraction of sp³-hybridized carbons (Fsp3) is 0.375. The first kappa shape index (κ1) is 20.7. The average Bonchev–Trinajstić information content (AvgIpc) is 3.23. The molecule has 1 aliphatic carbocycles. The van der Waals surface area contributed by atoms with Gasteiger partial charge in [0.15, 0.2) is 11.5 Å². The number of alkyl halides is 2. The van der Waals surface area contributed by atoms with Crippen molar-refractivity contribution in [1.29, 1.82) is 0 Å². The van der Waals surface area contributed by atoms with E-state index >= 15 is 0 Å². The molecule has 2 aromatic carbocycles. The van der Waals surface area contributed by atoms with Crippen LogP contribution >= 0.6 is 0 Å². The first-order valence-electron chi connectivity index (χ1n) is 10.7. The monoisotopic (exact) mass is 444 g/mol. The van der Waals surface area contributed by atoms with Crippen LogP contribution in [0.5, 0.6) is 11.5 Å². The Morgan fingerprint density at radius 2 is 1.97 bits per heavy atom. The maximum atomic E-state index is 13.8. The van der Waals surface area contributed by atoms with E-state index in [4.69, 9.17) is 0 Å². The molecular formula is C24H23F3N2O3. The van der Waals surface area contributed by atoms with Gasteiger partial charge in [-0.3, -0.25) is 4.79 Å². The van der Waals surface area contributed by atoms with Crippen molar-refractivity contribution in [2.75, 3.05) is 6.54 Å². The highest BCUT2D eigenvalue weighted by Gasteiger charge is 2.45. The largest absolute Gasteiger partial charge is 0.586 e. The van der Waals surface area contributed by atoms with E-state index in [2.05, 4.69) is 19.7 Å². The molecule has 168 valence electrons. The second kappa shape index (κ2) is 7.46. The van der Waals surface area contributed by atoms with E-state index in [0.717, 1.165) is 28.0 Å². The summed E-state index contributed by atoms with van der Waals surface area (Å²) in [6.45, 7) is 4.77. The topological polar surface area (TPSA) is 50.8 Å². The first-order chi connectivity index (χ1) is 15.2. The summed E-state index contributed by atoms with van der Waals surface area (Å²) in [6.07, 6.45) is -2.48. The third-order valence-corrected chi connectivity index (χ3v) is 6.10. The van der Waals surface area contributed by atoms with Crippen LogP contribution in [0.25, 0.3) is 5.70 Å². The van der Waals surface area contributed by atoms with Crippen LogP contribution in [0.4, 0.5) is 13.2 Å². The molecule has 3 aliphatic rings. The van der Waals surface area contributed by atoms with Gasteiger partial charge in [0.2, 0.25) is 5.91 Å². The number of halogens is 3. The molecule has 1 amide bonds. The van der Waals surface area contributed by atoms with Gasteiger partial charge in [-0.25, -0.2) is 4.39 Å². The van der Waals surface area contributed by atoms with E-state index in [1.165, 1.54) is 12.1 Å². The Bertz CT molecular complexity index is 1130. The molecule has 5 rings (SSSR count). The number of hydrogen-bond donors (Lipinski definition) is 1. The fourth-order valence-corrected chi connectivity index (χ4v) is 4.61. The molecule has 5 nitrogen and oxygen atoms in total. The van der Waals surface area contributed by atoms with Crippen molar-refractivity contribution in [3.63, 3.8) is 0 Å². The Kier molecular flexibility index (Phi) is 4.83. The predicted molar refractivity (Wildman–Crippen MR) is 111 cm³/mol. The van der Waals surface area contributed by atoms with Crippen molar-refractivity contribution < 1.29 is 27.4 Å². The van der Waals surface area contributed by atoms with Crippen molar-refractivity contribution in [2.24, 2.45) is 5.92 Å². The lowest BCUT2D eigenvalue weighted by molar-refractivity contribution is -0.286. The number of nitrogens with zero attached hydrogens (tertiary/aromatic N) is 1. The highest BCUT2D eigenvalue weighted by molar-refractivity contribution is 5.82. The second-order valence-electron chi connectivity index (χ2n) is 8.73. The van der Waals surface area contributed by atoms with Gasteiger partial charge in [-0.1, -0.05) is 26.0 Å². The molecule has 8 heteroatoms. The number of benzene rings is 2. The van der Waals surface area contributed by atoms with Gasteiger partial charge in [0.25, 0.3) is 0 Å². The molecule has 1 unspecified atom stereocenters. The second-order valence-corrected chi connectivity index (χ2v) is 8.73. The quantitative estimate of drug-likeness (QED) is 0.757. The maximum absolute atomic E-state index is 13.8. The molecule has 0 radical (unpaired) electrons. The van der Waals surface area contributed by atoms with Crippen LogP contribution in [0.2, 0.25) is 0 Å². The van der Waals surface area contributed by atoms with Crippen molar-refractivity contribution in [2.45, 2.75) is 45.6 Å². The minimum Gasteiger partial charge on any atom is -0.395 e. The van der Waals surface area contributed by atoms with Gasteiger partial charge < -0.3 is 19.7 Å². The van der Waals surface area contributed by atoms with E-state index in [1.54, 1.807) is 18.2 Å². The van der Waals surface area contributed by atoms with Crippen molar-refractivity contribution in [1.82, 2.24) is 10.2 Å². The smallest absolute Gasteiger partial charge is 0.395 e. The maximum Gasteiger partial charge on any atom is 0.586 e. The number of nitrogens with one attached hydrogen (secondary N) is 1. The summed E-state index contributed by atoms with van der Waals surface area (Å²) in [6, 6.07) is 9.42. The standard InChI is InChI=1S/C24H23F3N2O3/c1-13(2)23(30)28-19-6-7-29(12-14-4-3-5-16(25)8-14)22-17-11-21-20(31-24(26,27)32-21)10-15(17)9-18(19)22/h3-5,8,10-11,13,19H,6-7,9,12H2,1-2H3,(H,28,30). The lowest BCUT2D eigenvalue weighted by Gasteiger charge is -2.36. The van der Waals surface area contributed by atoms with Crippen LogP contribution < -0.4 is 14.8 Å². The van der Waals surface area contributed by atoms with Crippen LogP contribution in [0.15, 0.2) is 42.0 Å². The van der Waals surface area contributed by atoms with Gasteiger partial charge in [0, 0.05) is 30.3 Å². The van der Waals surface area contributed by atoms with Gasteiger partial charge in [0.1, 0.15) is 5.82 Å². The van der Waals surface area contributed by atoms with Gasteiger partial charge in [-0.2, -0.15) is 0 Å². The van der Waals surface area contributed by atoms with Crippen molar-refractivity contribution in [3.8, 4) is 11.5 Å². The zero-order valence-corrected chi connectivity index (χ0v) is 17.8. The zero-order valence-electron chi connectivity index (χ0n) is 17.8. The molecule has 0 bridgehead atoms. The molecule has 0 fully saturated rings. The molecule has 0 spiro atoms. The van der Waals surface area contributed by atoms with E-state index in [0.29, 0.717) is 25.9 Å². The van der Waals surface area contributed by atoms with Gasteiger partial charge in [-0.15, -0.1) is 8.78 Å². The lowest BCUT2D eigenvalue weighted by atomic mass is 9.95. The highest BCUT2D eigenvalue weighted by atomic mass is 19.3. The Morgan fingerprint density at radius 3 is 2.69 bits per heavy atom. The molecular weight excluding hydrogens is 421 g/mol. The minimum absolute atomic E-state index is 0.00745. The number of fused-ring (bicyclic) bond motifs is 3. The normalized spacial score (nSPS) is 20.4. The minimum atomic E-state index is -3.68. The Balaban J connectivity index is 1.53. The summed E-state index contributed by atoms with van der Waals surface area (Å²) in [4.78, 5) is 14.5. The average molecular weight is 444 g/mol. The third-order valence-electron chi connectivity index (χ3n) is 6.10. The molecule has 1 N–H and O–H groups in total. The predicted octanol–water partition coefficient (Wildman–Crippen LogP) is 4.46. The summed E-state index contributed by atoms with van der Waals surface area (Å²) < 4.78 is 50.2. The van der Waals surface area contributed by atoms with Crippen molar-refractivity contribution >= 4 is 11.6 Å². The van der Waals surface area contributed by atoms with Crippen LogP contribution in [0.3, 0.4) is 0 Å². The van der Waals surface area contributed by atoms with Gasteiger partial charge >= 0.3 is 6.29 Å². The number of ether oxygens (including phenoxy) is 2. The van der Waals surface area contributed by atoms with E-state index in [9.17, 15) is 18.0 Å². The van der Waals surface area contributed by atoms with Crippen molar-refractivity contribution in [3.05, 3.63) is 64.5 Å². The molecule has 2 aliphatic heterocycles. The number of hydrogen-bond acceptors (Lipinski definition) is 4. The third kappa shape index (κ3) is 3.67. The van der Waals surface area contributed by atoms with E-state index in [1.807, 2.05) is 19.9 Å². The van der Waals surface area contributed by atoms with E-state index < -0.39 is 6.29 Å². The molecule has 1 atom stereocenters. The summed E-state index contributed by atoms with van der Waals surface area (Å²) >= 11 is 0. The SMILES string of the molecule is CC(C)C(=O)NC1CCN(Cc2cccc(F)c2)C2=C1Cc1cc3c(cc12)OC(F)(F)O3. The molecule has 2 aromatic rings. The van der Waals surface area contributed by atoms with Crippen LogP contribution in [-0.4, -0.2) is 29.7 Å². The highest BCUT2D eigenvalue weighted by Crippen LogP contribution is 2.49. The molecule has 0 saturated carbocycles. The Hall–Kier alpha value is -3.16. The summed E-state index contributed by atoms with van der Waals surface area (Å²) in [5.74, 6) is -0.506. The number of amides is 1. The van der Waals surface area contributed by atoms with Crippen LogP contribution in [0.1, 0.15) is 37.0 Å².